The highest BCUT2D eigenvalue weighted by Crippen LogP contribution is 2.36. The molecule has 2 aromatic carbocycles. The minimum atomic E-state index is -0.235. The Kier molecular flexibility index (Phi) is 5.57. The van der Waals surface area contributed by atoms with Crippen LogP contribution < -0.4 is 4.74 Å². The van der Waals surface area contributed by atoms with E-state index in [0.29, 0.717) is 11.8 Å². The second-order valence-corrected chi connectivity index (χ2v) is 6.80. The molecule has 0 saturated carbocycles. The van der Waals surface area contributed by atoms with E-state index in [1.807, 2.05) is 0 Å². The van der Waals surface area contributed by atoms with Gasteiger partial charge in [0.15, 0.2) is 0 Å². The molecule has 3 unspecified atom stereocenters. The van der Waals surface area contributed by atoms with Crippen LogP contribution in [-0.2, 0) is 11.2 Å². The normalized spacial score (nSPS) is 19.4. The summed E-state index contributed by atoms with van der Waals surface area (Å²) in [5.74, 6) is 1.77. The molecular formula is C22H28O2. The van der Waals surface area contributed by atoms with E-state index in [9.17, 15) is 0 Å². The molecule has 0 heterocycles. The van der Waals surface area contributed by atoms with E-state index >= 15 is 0 Å². The minimum absolute atomic E-state index is 0.235. The van der Waals surface area contributed by atoms with E-state index in [-0.39, 0.29) is 6.29 Å². The Morgan fingerprint density at radius 2 is 1.83 bits per heavy atom. The van der Waals surface area contributed by atoms with E-state index in [4.69, 9.17) is 9.47 Å². The standard InChI is InChI=1S/C22H28O2/c1-4-16(2)17-12-14-19(15-13-17)24-22(23-3)21-11-7-9-18-8-5-6-10-20(18)21/h5-6,8,10,12-16,21-22H,4,7,9,11H2,1-3H3. The zero-order chi connectivity index (χ0) is 16.9. The van der Waals surface area contributed by atoms with Crippen LogP contribution in [0.2, 0.25) is 0 Å². The SMILES string of the molecule is CCC(C)c1ccc(OC(OC)C2CCCc3ccccc32)cc1. The molecule has 0 fully saturated rings. The maximum absolute atomic E-state index is 6.21. The quantitative estimate of drug-likeness (QED) is 0.637. The fourth-order valence-electron chi connectivity index (χ4n) is 3.61. The topological polar surface area (TPSA) is 18.5 Å². The van der Waals surface area contributed by atoms with Crippen molar-refractivity contribution >= 4 is 0 Å². The summed E-state index contributed by atoms with van der Waals surface area (Å²) in [5, 5.41) is 0. The maximum atomic E-state index is 6.21. The molecule has 2 heteroatoms. The molecule has 0 saturated heterocycles. The Labute approximate surface area is 145 Å². The van der Waals surface area contributed by atoms with Gasteiger partial charge in [0.25, 0.3) is 0 Å². The summed E-state index contributed by atoms with van der Waals surface area (Å²) in [6, 6.07) is 17.2. The van der Waals surface area contributed by atoms with Crippen molar-refractivity contribution in [2.45, 2.75) is 57.7 Å². The van der Waals surface area contributed by atoms with Crippen molar-refractivity contribution in [1.82, 2.24) is 0 Å². The van der Waals surface area contributed by atoms with E-state index in [2.05, 4.69) is 62.4 Å². The highest BCUT2D eigenvalue weighted by atomic mass is 16.7. The van der Waals surface area contributed by atoms with Gasteiger partial charge in [-0.05, 0) is 60.4 Å². The van der Waals surface area contributed by atoms with Crippen molar-refractivity contribution in [3.63, 3.8) is 0 Å². The van der Waals surface area contributed by atoms with Gasteiger partial charge in [0.2, 0.25) is 6.29 Å². The van der Waals surface area contributed by atoms with Crippen molar-refractivity contribution in [3.8, 4) is 5.75 Å². The van der Waals surface area contributed by atoms with E-state index < -0.39 is 0 Å². The lowest BCUT2D eigenvalue weighted by atomic mass is 9.82. The van der Waals surface area contributed by atoms with Gasteiger partial charge in [0.1, 0.15) is 5.75 Å². The van der Waals surface area contributed by atoms with Gasteiger partial charge in [0.05, 0.1) is 0 Å². The van der Waals surface area contributed by atoms with Crippen molar-refractivity contribution in [2.24, 2.45) is 0 Å². The fraction of sp³-hybridized carbons (Fsp3) is 0.455. The zero-order valence-electron chi connectivity index (χ0n) is 15.0. The van der Waals surface area contributed by atoms with Crippen molar-refractivity contribution in [2.75, 3.05) is 7.11 Å². The van der Waals surface area contributed by atoms with Crippen molar-refractivity contribution in [1.29, 1.82) is 0 Å². The molecule has 0 N–H and O–H groups in total. The monoisotopic (exact) mass is 324 g/mol. The number of hydrogen-bond donors (Lipinski definition) is 0. The number of methoxy groups -OCH3 is 1. The van der Waals surface area contributed by atoms with Crippen LogP contribution in [0.5, 0.6) is 5.75 Å². The fourth-order valence-corrected chi connectivity index (χ4v) is 3.61. The molecule has 0 aromatic heterocycles. The number of rotatable bonds is 6. The van der Waals surface area contributed by atoms with Gasteiger partial charge in [0, 0.05) is 13.0 Å². The average molecular weight is 324 g/mol. The van der Waals surface area contributed by atoms with E-state index in [1.54, 1.807) is 7.11 Å². The van der Waals surface area contributed by atoms with Crippen LogP contribution in [0.15, 0.2) is 48.5 Å². The smallest absolute Gasteiger partial charge is 0.206 e. The highest BCUT2D eigenvalue weighted by Gasteiger charge is 2.29. The van der Waals surface area contributed by atoms with Gasteiger partial charge < -0.3 is 9.47 Å². The van der Waals surface area contributed by atoms with Crippen LogP contribution in [-0.4, -0.2) is 13.4 Å². The molecule has 0 spiro atoms. The minimum Gasteiger partial charge on any atom is -0.464 e. The Hall–Kier alpha value is -1.80. The summed E-state index contributed by atoms with van der Waals surface area (Å²) in [6.07, 6.45) is 4.38. The third-order valence-corrected chi connectivity index (χ3v) is 5.29. The first-order chi connectivity index (χ1) is 11.7. The molecule has 0 radical (unpaired) electrons. The summed E-state index contributed by atoms with van der Waals surface area (Å²) in [6.45, 7) is 4.48. The molecule has 0 aliphatic heterocycles. The van der Waals surface area contributed by atoms with Crippen molar-refractivity contribution in [3.05, 3.63) is 65.2 Å². The lowest BCUT2D eigenvalue weighted by molar-refractivity contribution is -0.0747. The summed E-state index contributed by atoms with van der Waals surface area (Å²) >= 11 is 0. The number of benzene rings is 2. The molecule has 1 aliphatic rings. The largest absolute Gasteiger partial charge is 0.464 e. The average Bonchev–Trinajstić information content (AvgIpc) is 2.65. The summed E-state index contributed by atoms with van der Waals surface area (Å²) in [7, 11) is 1.75. The Morgan fingerprint density at radius 1 is 1.08 bits per heavy atom. The molecule has 3 rings (SSSR count). The first-order valence-electron chi connectivity index (χ1n) is 9.10. The lowest BCUT2D eigenvalue weighted by Crippen LogP contribution is -2.30. The predicted molar refractivity (Wildman–Crippen MR) is 98.7 cm³/mol. The van der Waals surface area contributed by atoms with Gasteiger partial charge in [-0.15, -0.1) is 0 Å². The van der Waals surface area contributed by atoms with Gasteiger partial charge in [-0.2, -0.15) is 0 Å². The van der Waals surface area contributed by atoms with Crippen LogP contribution in [0.25, 0.3) is 0 Å². The third kappa shape index (κ3) is 3.64. The maximum Gasteiger partial charge on any atom is 0.206 e. The molecule has 2 aromatic rings. The molecule has 128 valence electrons. The molecule has 1 aliphatic carbocycles. The third-order valence-electron chi connectivity index (χ3n) is 5.29. The van der Waals surface area contributed by atoms with E-state index in [1.165, 1.54) is 23.1 Å². The van der Waals surface area contributed by atoms with Gasteiger partial charge in [-0.25, -0.2) is 0 Å². The second-order valence-electron chi connectivity index (χ2n) is 6.80. The van der Waals surface area contributed by atoms with Crippen LogP contribution in [0, 0.1) is 0 Å². The summed E-state index contributed by atoms with van der Waals surface area (Å²) in [5.41, 5.74) is 4.18. The molecular weight excluding hydrogens is 296 g/mol. The Bertz CT molecular complexity index is 647. The summed E-state index contributed by atoms with van der Waals surface area (Å²) < 4.78 is 11.9. The molecule has 2 nitrogen and oxygen atoms in total. The Balaban J connectivity index is 1.76. The van der Waals surface area contributed by atoms with Gasteiger partial charge in [-0.1, -0.05) is 50.2 Å². The molecule has 24 heavy (non-hydrogen) atoms. The van der Waals surface area contributed by atoms with Crippen LogP contribution in [0.1, 0.15) is 61.6 Å². The number of aryl methyl sites for hydroxylation is 1. The van der Waals surface area contributed by atoms with Crippen LogP contribution >= 0.6 is 0 Å². The lowest BCUT2D eigenvalue weighted by Gasteiger charge is -2.31. The summed E-state index contributed by atoms with van der Waals surface area (Å²) in [4.78, 5) is 0. The molecule has 0 amide bonds. The number of ether oxygens (including phenoxy) is 2. The first kappa shape index (κ1) is 17.0. The number of hydrogen-bond acceptors (Lipinski definition) is 2. The van der Waals surface area contributed by atoms with Crippen LogP contribution in [0.4, 0.5) is 0 Å². The molecule has 0 bridgehead atoms. The van der Waals surface area contributed by atoms with Crippen LogP contribution in [0.3, 0.4) is 0 Å². The first-order valence-corrected chi connectivity index (χ1v) is 9.10. The molecule has 3 atom stereocenters. The van der Waals surface area contributed by atoms with Crippen molar-refractivity contribution < 1.29 is 9.47 Å². The second kappa shape index (κ2) is 7.85. The van der Waals surface area contributed by atoms with E-state index in [0.717, 1.165) is 25.0 Å². The number of fused-ring (bicyclic) bond motifs is 1. The Morgan fingerprint density at radius 3 is 2.54 bits per heavy atom. The predicted octanol–water partition coefficient (Wildman–Crippen LogP) is 5.67. The van der Waals surface area contributed by atoms with Gasteiger partial charge in [-0.3, -0.25) is 0 Å². The highest BCUT2D eigenvalue weighted by molar-refractivity contribution is 5.34. The zero-order valence-corrected chi connectivity index (χ0v) is 15.0. The van der Waals surface area contributed by atoms with Gasteiger partial charge >= 0.3 is 0 Å².